The number of hydrogen-bond acceptors (Lipinski definition) is 4. The van der Waals surface area contributed by atoms with Crippen molar-refractivity contribution in [1.82, 2.24) is 15.3 Å². The van der Waals surface area contributed by atoms with E-state index in [2.05, 4.69) is 44.2 Å². The first kappa shape index (κ1) is 15.9. The number of rotatable bonds is 7. The number of nitrogens with one attached hydrogen (secondary N) is 1. The lowest BCUT2D eigenvalue weighted by Gasteiger charge is -2.19. The number of benzene rings is 1. The van der Waals surface area contributed by atoms with Gasteiger partial charge in [-0.1, -0.05) is 22.9 Å². The Morgan fingerprint density at radius 2 is 2.19 bits per heavy atom. The fraction of sp³-hybridized carbons (Fsp3) is 0.375. The first-order valence-electron chi connectivity index (χ1n) is 7.06. The highest BCUT2D eigenvalue weighted by Gasteiger charge is 2.15. The summed E-state index contributed by atoms with van der Waals surface area (Å²) in [4.78, 5) is 8.60. The first-order chi connectivity index (χ1) is 10.2. The van der Waals surface area contributed by atoms with E-state index in [0.717, 1.165) is 35.3 Å². The second-order valence-electron chi connectivity index (χ2n) is 4.80. The SMILES string of the molecule is CCCNC(Cc1cc(OC)ccc1Br)c1cnccn1. The molecule has 0 aliphatic carbocycles. The summed E-state index contributed by atoms with van der Waals surface area (Å²) >= 11 is 3.61. The van der Waals surface area contributed by atoms with Gasteiger partial charge in [0.05, 0.1) is 18.8 Å². The molecule has 1 N–H and O–H groups in total. The molecule has 5 heteroatoms. The van der Waals surface area contributed by atoms with Crippen molar-refractivity contribution >= 4 is 15.9 Å². The number of hydrogen-bond donors (Lipinski definition) is 1. The van der Waals surface area contributed by atoms with Crippen LogP contribution in [0.4, 0.5) is 0 Å². The third kappa shape index (κ3) is 4.51. The topological polar surface area (TPSA) is 47.0 Å². The van der Waals surface area contributed by atoms with Gasteiger partial charge in [0.15, 0.2) is 0 Å². The van der Waals surface area contributed by atoms with Gasteiger partial charge in [-0.25, -0.2) is 0 Å². The first-order valence-corrected chi connectivity index (χ1v) is 7.85. The number of aromatic nitrogens is 2. The molecule has 1 heterocycles. The zero-order valence-electron chi connectivity index (χ0n) is 12.3. The number of nitrogens with zero attached hydrogens (tertiary/aromatic N) is 2. The van der Waals surface area contributed by atoms with E-state index in [-0.39, 0.29) is 6.04 Å². The fourth-order valence-electron chi connectivity index (χ4n) is 2.14. The monoisotopic (exact) mass is 349 g/mol. The van der Waals surface area contributed by atoms with Crippen LogP contribution < -0.4 is 10.1 Å². The van der Waals surface area contributed by atoms with E-state index in [1.54, 1.807) is 19.5 Å². The molecule has 0 fully saturated rings. The van der Waals surface area contributed by atoms with Crippen LogP contribution in [0.3, 0.4) is 0 Å². The molecule has 0 aliphatic rings. The summed E-state index contributed by atoms with van der Waals surface area (Å²) in [5, 5.41) is 3.53. The van der Waals surface area contributed by atoms with Crippen molar-refractivity contribution in [2.75, 3.05) is 13.7 Å². The Hall–Kier alpha value is -1.46. The number of methoxy groups -OCH3 is 1. The van der Waals surface area contributed by atoms with Gasteiger partial charge in [-0.05, 0) is 43.1 Å². The lowest BCUT2D eigenvalue weighted by atomic mass is 10.0. The minimum Gasteiger partial charge on any atom is -0.497 e. The van der Waals surface area contributed by atoms with E-state index in [4.69, 9.17) is 4.74 Å². The van der Waals surface area contributed by atoms with E-state index in [1.165, 1.54) is 5.56 Å². The van der Waals surface area contributed by atoms with Gasteiger partial charge in [0.25, 0.3) is 0 Å². The number of ether oxygens (including phenoxy) is 1. The molecular weight excluding hydrogens is 330 g/mol. The van der Waals surface area contributed by atoms with Gasteiger partial charge in [0.1, 0.15) is 5.75 Å². The molecule has 0 saturated carbocycles. The molecule has 0 bridgehead atoms. The third-order valence-corrected chi connectivity index (χ3v) is 4.03. The molecule has 1 unspecified atom stereocenters. The van der Waals surface area contributed by atoms with E-state index in [1.807, 2.05) is 18.3 Å². The van der Waals surface area contributed by atoms with Gasteiger partial charge in [0.2, 0.25) is 0 Å². The highest BCUT2D eigenvalue weighted by Crippen LogP contribution is 2.26. The summed E-state index contributed by atoms with van der Waals surface area (Å²) < 4.78 is 6.39. The Kier molecular flexibility index (Phi) is 6.14. The molecule has 0 spiro atoms. The van der Waals surface area contributed by atoms with E-state index >= 15 is 0 Å². The largest absolute Gasteiger partial charge is 0.497 e. The van der Waals surface area contributed by atoms with Gasteiger partial charge < -0.3 is 10.1 Å². The van der Waals surface area contributed by atoms with Crippen LogP contribution in [-0.2, 0) is 6.42 Å². The predicted molar refractivity (Wildman–Crippen MR) is 87.5 cm³/mol. The maximum absolute atomic E-state index is 5.31. The van der Waals surface area contributed by atoms with Crippen LogP contribution in [0.2, 0.25) is 0 Å². The molecular formula is C16H20BrN3O. The molecule has 0 radical (unpaired) electrons. The predicted octanol–water partition coefficient (Wildman–Crippen LogP) is 3.53. The quantitative estimate of drug-likeness (QED) is 0.830. The van der Waals surface area contributed by atoms with E-state index in [0.29, 0.717) is 0 Å². The minimum absolute atomic E-state index is 0.141. The van der Waals surface area contributed by atoms with Crippen LogP contribution in [0.5, 0.6) is 5.75 Å². The lowest BCUT2D eigenvalue weighted by molar-refractivity contribution is 0.413. The normalized spacial score (nSPS) is 12.1. The number of halogens is 1. The Morgan fingerprint density at radius 1 is 1.33 bits per heavy atom. The maximum Gasteiger partial charge on any atom is 0.119 e. The highest BCUT2D eigenvalue weighted by atomic mass is 79.9. The minimum atomic E-state index is 0.141. The van der Waals surface area contributed by atoms with Crippen molar-refractivity contribution in [2.24, 2.45) is 0 Å². The van der Waals surface area contributed by atoms with Crippen LogP contribution >= 0.6 is 15.9 Å². The summed E-state index contributed by atoms with van der Waals surface area (Å²) in [5.41, 5.74) is 2.15. The van der Waals surface area contributed by atoms with Gasteiger partial charge in [-0.15, -0.1) is 0 Å². The van der Waals surface area contributed by atoms with Gasteiger partial charge in [0, 0.05) is 23.1 Å². The fourth-order valence-corrected chi connectivity index (χ4v) is 2.55. The summed E-state index contributed by atoms with van der Waals surface area (Å²) in [6.45, 7) is 3.10. The van der Waals surface area contributed by atoms with Crippen molar-refractivity contribution in [2.45, 2.75) is 25.8 Å². The second kappa shape index (κ2) is 8.10. The molecule has 0 amide bonds. The Balaban J connectivity index is 2.22. The smallest absolute Gasteiger partial charge is 0.119 e. The average Bonchev–Trinajstić information content (AvgIpc) is 2.54. The van der Waals surface area contributed by atoms with Crippen LogP contribution in [-0.4, -0.2) is 23.6 Å². The highest BCUT2D eigenvalue weighted by molar-refractivity contribution is 9.10. The standard InChI is InChI=1S/C16H20BrN3O/c1-3-6-19-15(16-11-18-7-8-20-16)10-12-9-13(21-2)4-5-14(12)17/h4-5,7-9,11,15,19H,3,6,10H2,1-2H3. The van der Waals surface area contributed by atoms with E-state index < -0.39 is 0 Å². The van der Waals surface area contributed by atoms with Gasteiger partial charge >= 0.3 is 0 Å². The van der Waals surface area contributed by atoms with Crippen molar-refractivity contribution < 1.29 is 4.74 Å². The molecule has 2 rings (SSSR count). The van der Waals surface area contributed by atoms with E-state index in [9.17, 15) is 0 Å². The Bertz CT molecular complexity index is 563. The summed E-state index contributed by atoms with van der Waals surface area (Å²) in [6, 6.07) is 6.16. The Labute approximate surface area is 134 Å². The van der Waals surface area contributed by atoms with Crippen molar-refractivity contribution in [3.63, 3.8) is 0 Å². The molecule has 21 heavy (non-hydrogen) atoms. The average molecular weight is 350 g/mol. The zero-order valence-corrected chi connectivity index (χ0v) is 13.9. The lowest BCUT2D eigenvalue weighted by Crippen LogP contribution is -2.25. The van der Waals surface area contributed by atoms with Crippen LogP contribution in [0.1, 0.15) is 30.6 Å². The van der Waals surface area contributed by atoms with Crippen molar-refractivity contribution in [1.29, 1.82) is 0 Å². The summed E-state index contributed by atoms with van der Waals surface area (Å²) in [7, 11) is 1.68. The van der Waals surface area contributed by atoms with Crippen LogP contribution in [0, 0.1) is 0 Å². The molecule has 0 aliphatic heterocycles. The summed E-state index contributed by atoms with van der Waals surface area (Å²) in [6.07, 6.45) is 7.16. The molecule has 2 aromatic rings. The summed E-state index contributed by atoms with van der Waals surface area (Å²) in [5.74, 6) is 0.863. The Morgan fingerprint density at radius 3 is 2.86 bits per heavy atom. The molecule has 0 saturated heterocycles. The molecule has 1 atom stereocenters. The van der Waals surface area contributed by atoms with Crippen molar-refractivity contribution in [3.05, 3.63) is 52.5 Å². The second-order valence-corrected chi connectivity index (χ2v) is 5.65. The van der Waals surface area contributed by atoms with Gasteiger partial charge in [-0.2, -0.15) is 0 Å². The molecule has 1 aromatic heterocycles. The molecule has 4 nitrogen and oxygen atoms in total. The van der Waals surface area contributed by atoms with Crippen LogP contribution in [0.25, 0.3) is 0 Å². The zero-order chi connectivity index (χ0) is 15.1. The van der Waals surface area contributed by atoms with Crippen LogP contribution in [0.15, 0.2) is 41.3 Å². The maximum atomic E-state index is 5.31. The third-order valence-electron chi connectivity index (χ3n) is 3.26. The molecule has 112 valence electrons. The van der Waals surface area contributed by atoms with Crippen molar-refractivity contribution in [3.8, 4) is 5.75 Å². The molecule has 1 aromatic carbocycles. The van der Waals surface area contributed by atoms with Gasteiger partial charge in [-0.3, -0.25) is 9.97 Å².